The Morgan fingerprint density at radius 1 is 1.16 bits per heavy atom. The van der Waals surface area contributed by atoms with Gasteiger partial charge in [0.1, 0.15) is 0 Å². The molecule has 0 radical (unpaired) electrons. The number of rotatable bonds is 5. The van der Waals surface area contributed by atoms with Gasteiger partial charge in [0.25, 0.3) is 0 Å². The molecule has 6 heteroatoms. The molecule has 6 nitrogen and oxygen atoms in total. The van der Waals surface area contributed by atoms with E-state index >= 15 is 0 Å². The Morgan fingerprint density at radius 2 is 1.95 bits per heavy atom. The van der Waals surface area contributed by atoms with E-state index in [1.807, 2.05) is 12.1 Å². The van der Waals surface area contributed by atoms with Gasteiger partial charge in [0.15, 0.2) is 0 Å². The fourth-order valence-corrected chi connectivity index (χ4v) is 1.61. The molecular formula is C13H17N5O. The van der Waals surface area contributed by atoms with Crippen LogP contribution in [0.1, 0.15) is 12.5 Å². The zero-order valence-corrected chi connectivity index (χ0v) is 11.3. The normalized spacial score (nSPS) is 10.1. The number of aromatic nitrogens is 3. The van der Waals surface area contributed by atoms with E-state index in [4.69, 9.17) is 4.74 Å². The van der Waals surface area contributed by atoms with Gasteiger partial charge in [0.05, 0.1) is 7.11 Å². The second kappa shape index (κ2) is 5.99. The number of aryl methyl sites for hydroxylation is 1. The third kappa shape index (κ3) is 3.31. The van der Waals surface area contributed by atoms with E-state index in [0.29, 0.717) is 11.9 Å². The molecule has 1 heterocycles. The Kier molecular flexibility index (Phi) is 4.12. The van der Waals surface area contributed by atoms with Crippen molar-refractivity contribution >= 4 is 17.6 Å². The molecule has 1 aromatic carbocycles. The number of hydrogen-bond donors (Lipinski definition) is 2. The standard InChI is InChI=1S/C13H17N5O/c1-4-9-6-5-7-10(8-9)15-12-16-11(14-2)17-13(18-12)19-3/h5-8H,4H2,1-3H3,(H2,14,15,16,17,18). The monoisotopic (exact) mass is 259 g/mol. The van der Waals surface area contributed by atoms with Crippen molar-refractivity contribution < 1.29 is 4.74 Å². The van der Waals surface area contributed by atoms with Gasteiger partial charge in [-0.1, -0.05) is 19.1 Å². The van der Waals surface area contributed by atoms with Crippen LogP contribution in [0.4, 0.5) is 17.6 Å². The number of hydrogen-bond acceptors (Lipinski definition) is 6. The van der Waals surface area contributed by atoms with Gasteiger partial charge in [-0.05, 0) is 24.1 Å². The number of ether oxygens (including phenoxy) is 1. The quantitative estimate of drug-likeness (QED) is 0.858. The Balaban J connectivity index is 2.26. The van der Waals surface area contributed by atoms with E-state index in [-0.39, 0.29) is 6.01 Å². The van der Waals surface area contributed by atoms with Crippen molar-refractivity contribution in [2.45, 2.75) is 13.3 Å². The van der Waals surface area contributed by atoms with Crippen LogP contribution < -0.4 is 15.4 Å². The lowest BCUT2D eigenvalue weighted by Gasteiger charge is -2.08. The summed E-state index contributed by atoms with van der Waals surface area (Å²) in [4.78, 5) is 12.4. The molecule has 2 aromatic rings. The molecule has 0 fully saturated rings. The Bertz CT molecular complexity index is 536. The highest BCUT2D eigenvalue weighted by atomic mass is 16.5. The van der Waals surface area contributed by atoms with Crippen molar-refractivity contribution in [1.29, 1.82) is 0 Å². The zero-order chi connectivity index (χ0) is 13.7. The van der Waals surface area contributed by atoms with Gasteiger partial charge >= 0.3 is 6.01 Å². The van der Waals surface area contributed by atoms with Crippen molar-refractivity contribution in [1.82, 2.24) is 15.0 Å². The number of nitrogens with one attached hydrogen (secondary N) is 2. The third-order valence-corrected chi connectivity index (χ3v) is 2.61. The van der Waals surface area contributed by atoms with Gasteiger partial charge in [-0.3, -0.25) is 0 Å². The molecule has 0 bridgehead atoms. The summed E-state index contributed by atoms with van der Waals surface area (Å²) in [5.74, 6) is 0.908. The Labute approximate surface area is 112 Å². The molecule has 0 aliphatic rings. The molecule has 19 heavy (non-hydrogen) atoms. The minimum absolute atomic E-state index is 0.272. The minimum Gasteiger partial charge on any atom is -0.467 e. The largest absolute Gasteiger partial charge is 0.467 e. The highest BCUT2D eigenvalue weighted by Gasteiger charge is 2.06. The van der Waals surface area contributed by atoms with E-state index in [0.717, 1.165) is 12.1 Å². The van der Waals surface area contributed by atoms with Gasteiger partial charge in [-0.2, -0.15) is 15.0 Å². The van der Waals surface area contributed by atoms with Crippen molar-refractivity contribution in [2.75, 3.05) is 24.8 Å². The average molecular weight is 259 g/mol. The maximum atomic E-state index is 5.04. The smallest absolute Gasteiger partial charge is 0.322 e. The predicted octanol–water partition coefficient (Wildman–Crippen LogP) is 2.23. The molecule has 0 amide bonds. The number of nitrogens with zero attached hydrogens (tertiary/aromatic N) is 3. The molecule has 0 aliphatic carbocycles. The zero-order valence-electron chi connectivity index (χ0n) is 11.3. The summed E-state index contributed by atoms with van der Waals surface area (Å²) < 4.78 is 5.04. The average Bonchev–Trinajstić information content (AvgIpc) is 2.47. The summed E-state index contributed by atoms with van der Waals surface area (Å²) in [6, 6.07) is 8.38. The van der Waals surface area contributed by atoms with Crippen LogP contribution in [0, 0.1) is 0 Å². The fraction of sp³-hybridized carbons (Fsp3) is 0.308. The molecule has 1 aromatic heterocycles. The molecule has 100 valence electrons. The molecule has 0 saturated heterocycles. The maximum absolute atomic E-state index is 5.04. The minimum atomic E-state index is 0.272. The van der Waals surface area contributed by atoms with Crippen LogP contribution >= 0.6 is 0 Å². The highest BCUT2D eigenvalue weighted by molar-refractivity contribution is 5.55. The summed E-state index contributed by atoms with van der Waals surface area (Å²) in [6.45, 7) is 2.12. The molecule has 0 unspecified atom stereocenters. The van der Waals surface area contributed by atoms with Crippen LogP contribution in [-0.2, 0) is 6.42 Å². The van der Waals surface area contributed by atoms with E-state index in [1.165, 1.54) is 12.7 Å². The first-order chi connectivity index (χ1) is 9.25. The predicted molar refractivity (Wildman–Crippen MR) is 75.0 cm³/mol. The van der Waals surface area contributed by atoms with Crippen LogP contribution in [-0.4, -0.2) is 29.1 Å². The Hall–Kier alpha value is -2.37. The second-order valence-corrected chi connectivity index (χ2v) is 3.90. The van der Waals surface area contributed by atoms with Crippen molar-refractivity contribution in [2.24, 2.45) is 0 Å². The summed E-state index contributed by atoms with van der Waals surface area (Å²) in [5, 5.41) is 6.01. The maximum Gasteiger partial charge on any atom is 0.322 e. The van der Waals surface area contributed by atoms with Crippen molar-refractivity contribution in [3.63, 3.8) is 0 Å². The first-order valence-electron chi connectivity index (χ1n) is 6.09. The topological polar surface area (TPSA) is 72.0 Å². The number of benzene rings is 1. The van der Waals surface area contributed by atoms with Crippen LogP contribution in [0.3, 0.4) is 0 Å². The van der Waals surface area contributed by atoms with E-state index in [1.54, 1.807) is 7.05 Å². The van der Waals surface area contributed by atoms with E-state index in [2.05, 4.69) is 44.6 Å². The Morgan fingerprint density at radius 3 is 2.63 bits per heavy atom. The van der Waals surface area contributed by atoms with Gasteiger partial charge < -0.3 is 15.4 Å². The first kappa shape index (κ1) is 13.1. The summed E-state index contributed by atoms with van der Waals surface area (Å²) in [5.41, 5.74) is 2.19. The first-order valence-corrected chi connectivity index (χ1v) is 6.09. The highest BCUT2D eigenvalue weighted by Crippen LogP contribution is 2.17. The molecule has 2 N–H and O–H groups in total. The number of methoxy groups -OCH3 is 1. The van der Waals surface area contributed by atoms with E-state index < -0.39 is 0 Å². The third-order valence-electron chi connectivity index (χ3n) is 2.61. The lowest BCUT2D eigenvalue weighted by Crippen LogP contribution is -2.05. The van der Waals surface area contributed by atoms with Gasteiger partial charge in [0, 0.05) is 12.7 Å². The summed E-state index contributed by atoms with van der Waals surface area (Å²) in [6.07, 6.45) is 0.984. The molecular weight excluding hydrogens is 242 g/mol. The summed E-state index contributed by atoms with van der Waals surface area (Å²) in [7, 11) is 3.27. The van der Waals surface area contributed by atoms with Gasteiger partial charge in [-0.15, -0.1) is 0 Å². The molecule has 0 spiro atoms. The lowest BCUT2D eigenvalue weighted by atomic mass is 10.1. The van der Waals surface area contributed by atoms with Crippen LogP contribution in [0.5, 0.6) is 6.01 Å². The van der Waals surface area contributed by atoms with Crippen molar-refractivity contribution in [3.05, 3.63) is 29.8 Å². The van der Waals surface area contributed by atoms with Crippen LogP contribution in [0.15, 0.2) is 24.3 Å². The molecule has 2 rings (SSSR count). The number of anilines is 3. The SMILES string of the molecule is CCc1cccc(Nc2nc(NC)nc(OC)n2)c1. The second-order valence-electron chi connectivity index (χ2n) is 3.90. The van der Waals surface area contributed by atoms with Crippen molar-refractivity contribution in [3.8, 4) is 6.01 Å². The summed E-state index contributed by atoms with van der Waals surface area (Å²) >= 11 is 0. The van der Waals surface area contributed by atoms with Crippen LogP contribution in [0.2, 0.25) is 0 Å². The fourth-order valence-electron chi connectivity index (χ4n) is 1.61. The van der Waals surface area contributed by atoms with Crippen LogP contribution in [0.25, 0.3) is 0 Å². The van der Waals surface area contributed by atoms with Gasteiger partial charge in [-0.25, -0.2) is 0 Å². The van der Waals surface area contributed by atoms with E-state index in [9.17, 15) is 0 Å². The lowest BCUT2D eigenvalue weighted by molar-refractivity contribution is 0.379. The van der Waals surface area contributed by atoms with Gasteiger partial charge in [0.2, 0.25) is 11.9 Å². The molecule has 0 atom stereocenters. The molecule has 0 aliphatic heterocycles. The molecule has 0 saturated carbocycles.